The van der Waals surface area contributed by atoms with Crippen LogP contribution in [0.3, 0.4) is 0 Å². The number of rotatable bonds is 5. The maximum absolute atomic E-state index is 10.9. The third-order valence-corrected chi connectivity index (χ3v) is 4.79. The summed E-state index contributed by atoms with van der Waals surface area (Å²) in [5, 5.41) is 0. The number of hydrogen-bond acceptors (Lipinski definition) is 8. The lowest BCUT2D eigenvalue weighted by atomic mass is 9.74. The van der Waals surface area contributed by atoms with Gasteiger partial charge in [0.2, 0.25) is 24.3 Å². The summed E-state index contributed by atoms with van der Waals surface area (Å²) in [5.74, 6) is 0. The number of isocyanates is 4. The van der Waals surface area contributed by atoms with Gasteiger partial charge in [0.05, 0.1) is 12.1 Å². The Morgan fingerprint density at radius 1 is 0.682 bits per heavy atom. The van der Waals surface area contributed by atoms with E-state index in [1.54, 1.807) is 12.2 Å². The highest BCUT2D eigenvalue weighted by atomic mass is 16.1. The summed E-state index contributed by atoms with van der Waals surface area (Å²) < 4.78 is 0. The molecule has 2 fully saturated rings. The van der Waals surface area contributed by atoms with Crippen molar-refractivity contribution in [3.05, 3.63) is 0 Å². The van der Waals surface area contributed by atoms with Gasteiger partial charge in [-0.2, -0.15) is 9.98 Å². The van der Waals surface area contributed by atoms with Crippen LogP contribution in [0.5, 0.6) is 0 Å². The van der Waals surface area contributed by atoms with Crippen molar-refractivity contribution in [2.75, 3.05) is 0 Å². The van der Waals surface area contributed by atoms with Gasteiger partial charge in [-0.1, -0.05) is 0 Å². The zero-order valence-electron chi connectivity index (χ0n) is 11.8. The Kier molecular flexibility index (Phi) is 4.71. The molecule has 8 nitrogen and oxygen atoms in total. The number of aliphatic imine (C=N–C) groups is 4. The van der Waals surface area contributed by atoms with E-state index in [2.05, 4.69) is 20.0 Å². The van der Waals surface area contributed by atoms with Gasteiger partial charge < -0.3 is 0 Å². The lowest BCUT2D eigenvalue weighted by molar-refractivity contribution is 0.227. The van der Waals surface area contributed by atoms with Gasteiger partial charge >= 0.3 is 0 Å². The zero-order chi connectivity index (χ0) is 16.1. The maximum Gasteiger partial charge on any atom is 0.235 e. The number of nitrogens with zero attached hydrogens (tertiary/aromatic N) is 4. The average Bonchev–Trinajstić information content (AvgIpc) is 3.08. The first-order valence-electron chi connectivity index (χ1n) is 6.97. The van der Waals surface area contributed by atoms with Crippen molar-refractivity contribution in [1.82, 2.24) is 0 Å². The van der Waals surface area contributed by atoms with Crippen molar-refractivity contribution >= 4 is 24.3 Å². The molecule has 0 N–H and O–H groups in total. The predicted molar refractivity (Wildman–Crippen MR) is 73.2 cm³/mol. The summed E-state index contributed by atoms with van der Waals surface area (Å²) in [7, 11) is 0. The summed E-state index contributed by atoms with van der Waals surface area (Å²) in [6.45, 7) is 0. The summed E-state index contributed by atoms with van der Waals surface area (Å²) in [6.07, 6.45) is 8.72. The molecular weight excluding hydrogens is 288 g/mol. The fourth-order valence-corrected chi connectivity index (χ4v) is 3.80. The molecular formula is C14H14N4O4. The van der Waals surface area contributed by atoms with Gasteiger partial charge in [0.15, 0.2) is 0 Å². The van der Waals surface area contributed by atoms with E-state index in [1.165, 1.54) is 12.2 Å². The summed E-state index contributed by atoms with van der Waals surface area (Å²) in [4.78, 5) is 58.0. The van der Waals surface area contributed by atoms with Crippen molar-refractivity contribution in [3.8, 4) is 0 Å². The molecule has 2 aliphatic rings. The minimum atomic E-state index is -0.968. The molecule has 2 rings (SSSR count). The smallest absolute Gasteiger partial charge is 0.211 e. The van der Waals surface area contributed by atoms with Crippen molar-refractivity contribution in [1.29, 1.82) is 0 Å². The molecule has 0 amide bonds. The lowest BCUT2D eigenvalue weighted by Gasteiger charge is -2.38. The summed E-state index contributed by atoms with van der Waals surface area (Å²) >= 11 is 0. The molecule has 0 aliphatic heterocycles. The van der Waals surface area contributed by atoms with Crippen LogP contribution in [-0.2, 0) is 19.2 Å². The van der Waals surface area contributed by atoms with Crippen LogP contribution >= 0.6 is 0 Å². The minimum absolute atomic E-state index is 0.306. The van der Waals surface area contributed by atoms with E-state index in [1.807, 2.05) is 0 Å². The Hall–Kier alpha value is -2.48. The molecule has 0 saturated heterocycles. The quantitative estimate of drug-likeness (QED) is 0.554. The van der Waals surface area contributed by atoms with E-state index < -0.39 is 11.1 Å². The maximum atomic E-state index is 10.9. The molecule has 0 aromatic heterocycles. The van der Waals surface area contributed by atoms with Crippen LogP contribution in [0.15, 0.2) is 20.0 Å². The van der Waals surface area contributed by atoms with Gasteiger partial charge in [0.25, 0.3) is 0 Å². The highest BCUT2D eigenvalue weighted by Crippen LogP contribution is 2.52. The molecule has 0 bridgehead atoms. The van der Waals surface area contributed by atoms with Gasteiger partial charge in [-0.05, 0) is 38.5 Å². The fraction of sp³-hybridized carbons (Fsp3) is 0.714. The van der Waals surface area contributed by atoms with Gasteiger partial charge in [0, 0.05) is 0 Å². The summed E-state index contributed by atoms with van der Waals surface area (Å²) in [6, 6.07) is -0.635. The van der Waals surface area contributed by atoms with E-state index in [4.69, 9.17) is 0 Å². The largest absolute Gasteiger partial charge is 0.235 e. The average molecular weight is 302 g/mol. The minimum Gasteiger partial charge on any atom is -0.211 e. The molecule has 8 heteroatoms. The van der Waals surface area contributed by atoms with Crippen LogP contribution in [0, 0.1) is 0 Å². The fourth-order valence-electron chi connectivity index (χ4n) is 3.80. The molecule has 2 aliphatic carbocycles. The molecule has 0 spiro atoms. The van der Waals surface area contributed by atoms with Gasteiger partial charge in [0.1, 0.15) is 11.1 Å². The van der Waals surface area contributed by atoms with Crippen molar-refractivity contribution in [2.45, 2.75) is 61.7 Å². The highest BCUT2D eigenvalue weighted by molar-refractivity contribution is 5.42. The van der Waals surface area contributed by atoms with Crippen LogP contribution in [0.2, 0.25) is 0 Å². The second-order valence-electron chi connectivity index (χ2n) is 5.70. The Morgan fingerprint density at radius 3 is 1.41 bits per heavy atom. The molecule has 0 heterocycles. The third-order valence-electron chi connectivity index (χ3n) is 4.79. The van der Waals surface area contributed by atoms with Crippen LogP contribution in [0.1, 0.15) is 38.5 Å². The van der Waals surface area contributed by atoms with Crippen LogP contribution in [0.25, 0.3) is 0 Å². The molecule has 114 valence electrons. The van der Waals surface area contributed by atoms with Crippen molar-refractivity contribution < 1.29 is 19.2 Å². The molecule has 0 radical (unpaired) electrons. The molecule has 2 saturated carbocycles. The van der Waals surface area contributed by atoms with Gasteiger partial charge in [-0.25, -0.2) is 29.2 Å². The Balaban J connectivity index is 2.44. The van der Waals surface area contributed by atoms with Crippen LogP contribution < -0.4 is 0 Å². The van der Waals surface area contributed by atoms with E-state index in [0.29, 0.717) is 38.5 Å². The SMILES string of the molecule is O=C=NC1CCC(N=C=O)(C2(N=C=O)CCC(N=C=O)C2)C1. The highest BCUT2D eigenvalue weighted by Gasteiger charge is 2.59. The van der Waals surface area contributed by atoms with E-state index in [0.717, 1.165) is 0 Å². The molecule has 0 aromatic rings. The second kappa shape index (κ2) is 6.52. The van der Waals surface area contributed by atoms with Gasteiger partial charge in [-0.15, -0.1) is 0 Å². The standard InChI is InChI=1S/C14H14N4O4/c19-7-15-11-1-3-13(5-11,17-9-21)14(18-10-22)4-2-12(6-14)16-8-20/h11-12H,1-6H2. The Morgan fingerprint density at radius 2 is 1.09 bits per heavy atom. The van der Waals surface area contributed by atoms with Crippen LogP contribution in [-0.4, -0.2) is 47.5 Å². The second-order valence-corrected chi connectivity index (χ2v) is 5.70. The molecule has 0 aromatic carbocycles. The lowest BCUT2D eigenvalue weighted by Crippen LogP contribution is -2.48. The first kappa shape index (κ1) is 15.9. The van der Waals surface area contributed by atoms with E-state index in [9.17, 15) is 19.2 Å². The first-order chi connectivity index (χ1) is 10.6. The molecule has 4 atom stereocenters. The Labute approximate surface area is 126 Å². The first-order valence-corrected chi connectivity index (χ1v) is 6.97. The van der Waals surface area contributed by atoms with E-state index in [-0.39, 0.29) is 12.1 Å². The molecule has 4 unspecified atom stereocenters. The number of hydrogen-bond donors (Lipinski definition) is 0. The normalized spacial score (nSPS) is 36.4. The summed E-state index contributed by atoms with van der Waals surface area (Å²) in [5.41, 5.74) is -1.94. The zero-order valence-corrected chi connectivity index (χ0v) is 11.8. The van der Waals surface area contributed by atoms with Crippen molar-refractivity contribution in [3.63, 3.8) is 0 Å². The van der Waals surface area contributed by atoms with Gasteiger partial charge in [-0.3, -0.25) is 0 Å². The van der Waals surface area contributed by atoms with E-state index >= 15 is 0 Å². The van der Waals surface area contributed by atoms with Crippen LogP contribution in [0.4, 0.5) is 0 Å². The molecule has 22 heavy (non-hydrogen) atoms. The number of carbonyl (C=O) groups excluding carboxylic acids is 4. The Bertz CT molecular complexity index is 583. The van der Waals surface area contributed by atoms with Crippen molar-refractivity contribution in [2.24, 2.45) is 20.0 Å². The predicted octanol–water partition coefficient (Wildman–Crippen LogP) is 0.912. The third kappa shape index (κ3) is 2.64. The monoisotopic (exact) mass is 302 g/mol. The topological polar surface area (TPSA) is 118 Å².